The fourth-order valence-electron chi connectivity index (χ4n) is 0.995. The molecule has 0 saturated carbocycles. The molecule has 86 valence electrons. The lowest BCUT2D eigenvalue weighted by Gasteiger charge is -2.06. The molecule has 1 aromatic heterocycles. The van der Waals surface area contributed by atoms with E-state index in [1.165, 1.54) is 17.6 Å². The molecule has 0 radical (unpaired) electrons. The van der Waals surface area contributed by atoms with Gasteiger partial charge in [-0.2, -0.15) is 0 Å². The second kappa shape index (κ2) is 5.27. The van der Waals surface area contributed by atoms with Crippen LogP contribution in [0, 0.1) is 0 Å². The number of sulfone groups is 1. The number of halogens is 2. The van der Waals surface area contributed by atoms with Gasteiger partial charge in [-0.25, -0.2) is 8.42 Å². The molecule has 1 unspecified atom stereocenters. The quantitative estimate of drug-likeness (QED) is 0.877. The molecule has 1 aromatic rings. The van der Waals surface area contributed by atoms with E-state index in [-0.39, 0.29) is 12.2 Å². The summed E-state index contributed by atoms with van der Waals surface area (Å²) < 4.78 is 23.6. The molecule has 0 spiro atoms. The zero-order chi connectivity index (χ0) is 11.6. The van der Waals surface area contributed by atoms with Crippen LogP contribution in [0.2, 0.25) is 0 Å². The summed E-state index contributed by atoms with van der Waals surface area (Å²) in [4.78, 5) is 0.761. The molecular formula is C8H10Br2O3S2. The van der Waals surface area contributed by atoms with Crippen molar-refractivity contribution < 1.29 is 13.5 Å². The molecule has 0 aliphatic carbocycles. The van der Waals surface area contributed by atoms with Crippen molar-refractivity contribution in [2.75, 3.05) is 12.0 Å². The Morgan fingerprint density at radius 1 is 1.53 bits per heavy atom. The lowest BCUT2D eigenvalue weighted by molar-refractivity contribution is 0.178. The first-order valence-electron chi connectivity index (χ1n) is 4.10. The Morgan fingerprint density at radius 3 is 2.53 bits per heavy atom. The maximum Gasteiger partial charge on any atom is 0.147 e. The highest BCUT2D eigenvalue weighted by atomic mass is 79.9. The predicted octanol–water partition coefficient (Wildman–Crippen LogP) is 2.74. The number of hydrogen-bond acceptors (Lipinski definition) is 4. The zero-order valence-corrected chi connectivity index (χ0v) is 12.7. The standard InChI is InChI=1S/C8H10Br2O3S2/c1-15(12,13)3-2-6(11)7-4-5(9)8(10)14-7/h4,6,11H,2-3H2,1H3. The Kier molecular flexibility index (Phi) is 4.79. The van der Waals surface area contributed by atoms with Gasteiger partial charge in [0.25, 0.3) is 0 Å². The van der Waals surface area contributed by atoms with Crippen LogP contribution < -0.4 is 0 Å². The number of aliphatic hydroxyl groups is 1. The minimum absolute atomic E-state index is 0.00129. The average molecular weight is 378 g/mol. The normalized spacial score (nSPS) is 14.1. The van der Waals surface area contributed by atoms with E-state index in [2.05, 4.69) is 31.9 Å². The van der Waals surface area contributed by atoms with Crippen LogP contribution in [0.15, 0.2) is 14.3 Å². The molecule has 7 heteroatoms. The summed E-state index contributed by atoms with van der Waals surface area (Å²) in [6, 6.07) is 1.79. The summed E-state index contributed by atoms with van der Waals surface area (Å²) >= 11 is 8.02. The summed E-state index contributed by atoms with van der Waals surface area (Å²) in [7, 11) is -3.01. The van der Waals surface area contributed by atoms with Crippen molar-refractivity contribution in [1.29, 1.82) is 0 Å². The van der Waals surface area contributed by atoms with E-state index in [9.17, 15) is 13.5 Å². The second-order valence-corrected chi connectivity index (χ2v) is 8.72. The van der Waals surface area contributed by atoms with Crippen LogP contribution in [0.5, 0.6) is 0 Å². The van der Waals surface area contributed by atoms with Gasteiger partial charge >= 0.3 is 0 Å². The van der Waals surface area contributed by atoms with E-state index in [1.54, 1.807) is 6.07 Å². The summed E-state index contributed by atoms with van der Waals surface area (Å²) in [6.07, 6.45) is 0.686. The fraction of sp³-hybridized carbons (Fsp3) is 0.500. The number of rotatable bonds is 4. The smallest absolute Gasteiger partial charge is 0.147 e. The molecule has 1 N–H and O–H groups in total. The third-order valence-electron chi connectivity index (χ3n) is 1.75. The van der Waals surface area contributed by atoms with E-state index in [4.69, 9.17) is 0 Å². The Labute approximate surface area is 110 Å². The van der Waals surface area contributed by atoms with Gasteiger partial charge in [0.1, 0.15) is 9.84 Å². The van der Waals surface area contributed by atoms with Crippen LogP contribution in [0.4, 0.5) is 0 Å². The first-order valence-corrected chi connectivity index (χ1v) is 8.56. The summed E-state index contributed by atoms with van der Waals surface area (Å²) in [5, 5.41) is 9.73. The predicted molar refractivity (Wildman–Crippen MR) is 69.0 cm³/mol. The molecule has 3 nitrogen and oxygen atoms in total. The van der Waals surface area contributed by atoms with Crippen molar-refractivity contribution in [2.24, 2.45) is 0 Å². The number of aliphatic hydroxyl groups excluding tert-OH is 1. The van der Waals surface area contributed by atoms with Crippen molar-refractivity contribution >= 4 is 53.0 Å². The first kappa shape index (κ1) is 13.6. The molecule has 0 aliphatic rings. The molecule has 0 aliphatic heterocycles. The van der Waals surface area contributed by atoms with Crippen molar-refractivity contribution in [3.8, 4) is 0 Å². The van der Waals surface area contributed by atoms with E-state index >= 15 is 0 Å². The molecule has 15 heavy (non-hydrogen) atoms. The van der Waals surface area contributed by atoms with Crippen LogP contribution in [-0.2, 0) is 9.84 Å². The van der Waals surface area contributed by atoms with Gasteiger partial charge in [-0.05, 0) is 44.3 Å². The molecule has 0 saturated heterocycles. The van der Waals surface area contributed by atoms with E-state index < -0.39 is 15.9 Å². The van der Waals surface area contributed by atoms with Gasteiger partial charge in [0.15, 0.2) is 0 Å². The lowest BCUT2D eigenvalue weighted by Crippen LogP contribution is -2.07. The molecule has 0 amide bonds. The third kappa shape index (κ3) is 4.52. The zero-order valence-electron chi connectivity index (χ0n) is 7.91. The van der Waals surface area contributed by atoms with Gasteiger partial charge < -0.3 is 5.11 Å². The lowest BCUT2D eigenvalue weighted by atomic mass is 10.2. The van der Waals surface area contributed by atoms with Gasteiger partial charge in [0, 0.05) is 15.6 Å². The van der Waals surface area contributed by atoms with E-state index in [0.29, 0.717) is 0 Å². The number of hydrogen-bond donors (Lipinski definition) is 1. The average Bonchev–Trinajstić information content (AvgIpc) is 2.42. The van der Waals surface area contributed by atoms with Crippen LogP contribution in [0.1, 0.15) is 17.4 Å². The van der Waals surface area contributed by atoms with Crippen LogP contribution in [-0.4, -0.2) is 25.5 Å². The topological polar surface area (TPSA) is 54.4 Å². The van der Waals surface area contributed by atoms with Gasteiger partial charge in [0.05, 0.1) is 15.6 Å². The molecule has 0 aromatic carbocycles. The van der Waals surface area contributed by atoms with Gasteiger partial charge in [0.2, 0.25) is 0 Å². The monoisotopic (exact) mass is 376 g/mol. The van der Waals surface area contributed by atoms with E-state index in [1.807, 2.05) is 0 Å². The molecule has 1 heterocycles. The fourth-order valence-corrected chi connectivity index (χ4v) is 3.76. The largest absolute Gasteiger partial charge is 0.388 e. The van der Waals surface area contributed by atoms with Crippen LogP contribution >= 0.6 is 43.2 Å². The minimum atomic E-state index is -3.01. The van der Waals surface area contributed by atoms with Gasteiger partial charge in [-0.1, -0.05) is 0 Å². The molecule has 0 fully saturated rings. The highest BCUT2D eigenvalue weighted by Gasteiger charge is 2.15. The number of thiophene rings is 1. The third-order valence-corrected chi connectivity index (χ3v) is 6.09. The minimum Gasteiger partial charge on any atom is -0.388 e. The Balaban J connectivity index is 2.65. The van der Waals surface area contributed by atoms with Crippen LogP contribution in [0.25, 0.3) is 0 Å². The molecular weight excluding hydrogens is 368 g/mol. The summed E-state index contributed by atoms with van der Waals surface area (Å²) in [6.45, 7) is 0. The second-order valence-electron chi connectivity index (χ2n) is 3.20. The highest BCUT2D eigenvalue weighted by Crippen LogP contribution is 2.36. The van der Waals surface area contributed by atoms with Crippen LogP contribution in [0.3, 0.4) is 0 Å². The van der Waals surface area contributed by atoms with E-state index in [0.717, 1.165) is 13.1 Å². The molecule has 1 rings (SSSR count). The Hall–Kier alpha value is 0.570. The SMILES string of the molecule is CS(=O)(=O)CCC(O)c1cc(Br)c(Br)s1. The van der Waals surface area contributed by atoms with Crippen molar-refractivity contribution in [2.45, 2.75) is 12.5 Å². The van der Waals surface area contributed by atoms with Gasteiger partial charge in [-0.15, -0.1) is 11.3 Å². The van der Waals surface area contributed by atoms with Gasteiger partial charge in [-0.3, -0.25) is 0 Å². The maximum absolute atomic E-state index is 10.9. The summed E-state index contributed by atoms with van der Waals surface area (Å²) in [5.74, 6) is 0.00129. The Bertz CT molecular complexity index is 419. The molecule has 1 atom stereocenters. The van der Waals surface area contributed by atoms with Crippen molar-refractivity contribution in [1.82, 2.24) is 0 Å². The molecule has 0 bridgehead atoms. The Morgan fingerprint density at radius 2 is 2.13 bits per heavy atom. The summed E-state index contributed by atoms with van der Waals surface area (Å²) in [5.41, 5.74) is 0. The van der Waals surface area contributed by atoms with Crippen molar-refractivity contribution in [3.05, 3.63) is 19.2 Å². The maximum atomic E-state index is 10.9. The van der Waals surface area contributed by atoms with Crippen molar-refractivity contribution in [3.63, 3.8) is 0 Å². The highest BCUT2D eigenvalue weighted by molar-refractivity contribution is 9.13. The first-order chi connectivity index (χ1) is 6.79.